The number of benzene rings is 2. The normalized spacial score (nSPS) is 16.8. The van der Waals surface area contributed by atoms with Gasteiger partial charge in [-0.15, -0.1) is 0 Å². The maximum Gasteiger partial charge on any atom is 0.240 e. The molecule has 1 saturated heterocycles. The number of carbonyl (C=O) groups is 1. The van der Waals surface area contributed by atoms with Gasteiger partial charge in [0, 0.05) is 44.7 Å². The molecule has 1 heterocycles. The summed E-state index contributed by atoms with van der Waals surface area (Å²) in [6.45, 7) is 6.65. The Bertz CT molecular complexity index is 716. The number of piperazine rings is 1. The molecule has 1 unspecified atom stereocenters. The standard InChI is InChI=1S/C21H26ClN3O2/c1-17(26)23-27-16-15-24-11-13-25(14-12-24)21(18-5-3-2-4-6-18)19-7-9-20(22)10-8-19/h2-10,21H,11-16H2,1H3,(H,23,26). The summed E-state index contributed by atoms with van der Waals surface area (Å²) in [5, 5.41) is 0.759. The van der Waals surface area contributed by atoms with Crippen LogP contribution in [-0.2, 0) is 9.63 Å². The lowest BCUT2D eigenvalue weighted by molar-refractivity contribution is -0.131. The molecule has 0 spiro atoms. The fourth-order valence-electron chi connectivity index (χ4n) is 3.47. The molecular formula is C21H26ClN3O2. The molecule has 6 heteroatoms. The van der Waals surface area contributed by atoms with Gasteiger partial charge in [0.1, 0.15) is 0 Å². The predicted molar refractivity (Wildman–Crippen MR) is 108 cm³/mol. The number of amides is 1. The van der Waals surface area contributed by atoms with Gasteiger partial charge >= 0.3 is 0 Å². The van der Waals surface area contributed by atoms with Crippen LogP contribution >= 0.6 is 11.6 Å². The fourth-order valence-corrected chi connectivity index (χ4v) is 3.59. The first-order chi connectivity index (χ1) is 13.1. The molecule has 0 bridgehead atoms. The summed E-state index contributed by atoms with van der Waals surface area (Å²) in [5.74, 6) is -0.173. The van der Waals surface area contributed by atoms with Crippen molar-refractivity contribution in [3.05, 3.63) is 70.7 Å². The van der Waals surface area contributed by atoms with Gasteiger partial charge in [0.15, 0.2) is 0 Å². The van der Waals surface area contributed by atoms with Gasteiger partial charge in [-0.3, -0.25) is 19.4 Å². The van der Waals surface area contributed by atoms with Crippen molar-refractivity contribution in [1.82, 2.24) is 15.3 Å². The van der Waals surface area contributed by atoms with Crippen LogP contribution in [0.4, 0.5) is 0 Å². The summed E-state index contributed by atoms with van der Waals surface area (Å²) in [7, 11) is 0. The largest absolute Gasteiger partial charge is 0.298 e. The Morgan fingerprint density at radius 2 is 1.67 bits per heavy atom. The minimum Gasteiger partial charge on any atom is -0.298 e. The summed E-state index contributed by atoms with van der Waals surface area (Å²) >= 11 is 6.09. The van der Waals surface area contributed by atoms with Crippen LogP contribution < -0.4 is 5.48 Å². The van der Waals surface area contributed by atoms with E-state index >= 15 is 0 Å². The second-order valence-corrected chi connectivity index (χ2v) is 7.19. The summed E-state index contributed by atoms with van der Waals surface area (Å²) in [4.78, 5) is 20.9. The molecule has 5 nitrogen and oxygen atoms in total. The van der Waals surface area contributed by atoms with E-state index < -0.39 is 0 Å². The monoisotopic (exact) mass is 387 g/mol. The highest BCUT2D eigenvalue weighted by atomic mass is 35.5. The van der Waals surface area contributed by atoms with Crippen LogP contribution in [0.3, 0.4) is 0 Å². The van der Waals surface area contributed by atoms with E-state index in [0.29, 0.717) is 6.61 Å². The predicted octanol–water partition coefficient (Wildman–Crippen LogP) is 3.11. The SMILES string of the molecule is CC(=O)NOCCN1CCN(C(c2ccccc2)c2ccc(Cl)cc2)CC1. The number of nitrogens with one attached hydrogen (secondary N) is 1. The lowest BCUT2D eigenvalue weighted by Gasteiger charge is -2.39. The third kappa shape index (κ3) is 5.78. The number of nitrogens with zero attached hydrogens (tertiary/aromatic N) is 2. The molecule has 2 aromatic carbocycles. The summed E-state index contributed by atoms with van der Waals surface area (Å²) in [6.07, 6.45) is 0. The Morgan fingerprint density at radius 1 is 1.04 bits per heavy atom. The first kappa shape index (κ1) is 19.8. The number of hydrogen-bond donors (Lipinski definition) is 1. The van der Waals surface area contributed by atoms with Crippen molar-refractivity contribution >= 4 is 17.5 Å². The maximum absolute atomic E-state index is 10.8. The van der Waals surface area contributed by atoms with Crippen LogP contribution in [0, 0.1) is 0 Å². The van der Waals surface area contributed by atoms with Crippen molar-refractivity contribution < 1.29 is 9.63 Å². The van der Waals surface area contributed by atoms with E-state index in [-0.39, 0.29) is 11.9 Å². The zero-order chi connectivity index (χ0) is 19.1. The lowest BCUT2D eigenvalue weighted by Crippen LogP contribution is -2.48. The highest BCUT2D eigenvalue weighted by molar-refractivity contribution is 6.30. The van der Waals surface area contributed by atoms with Gasteiger partial charge in [0.2, 0.25) is 5.91 Å². The molecule has 1 fully saturated rings. The van der Waals surface area contributed by atoms with Crippen molar-refractivity contribution in [2.75, 3.05) is 39.3 Å². The summed E-state index contributed by atoms with van der Waals surface area (Å²) in [6, 6.07) is 19.0. The van der Waals surface area contributed by atoms with Gasteiger partial charge < -0.3 is 0 Å². The number of rotatable bonds is 7. The van der Waals surface area contributed by atoms with Gasteiger partial charge in [-0.2, -0.15) is 0 Å². The minimum absolute atomic E-state index is 0.173. The Kier molecular flexibility index (Phi) is 7.24. The van der Waals surface area contributed by atoms with E-state index in [1.54, 1.807) is 0 Å². The van der Waals surface area contributed by atoms with Gasteiger partial charge in [-0.1, -0.05) is 54.1 Å². The number of hydroxylamine groups is 1. The molecule has 2 aromatic rings. The average Bonchev–Trinajstić information content (AvgIpc) is 2.69. The Labute approximate surface area is 165 Å². The van der Waals surface area contributed by atoms with E-state index in [0.717, 1.165) is 37.7 Å². The lowest BCUT2D eigenvalue weighted by atomic mass is 9.96. The highest BCUT2D eigenvalue weighted by Gasteiger charge is 2.26. The van der Waals surface area contributed by atoms with Crippen molar-refractivity contribution in [3.63, 3.8) is 0 Å². The minimum atomic E-state index is -0.173. The molecule has 1 N–H and O–H groups in total. The van der Waals surface area contributed by atoms with Crippen LogP contribution in [0.25, 0.3) is 0 Å². The van der Waals surface area contributed by atoms with Crippen molar-refractivity contribution in [3.8, 4) is 0 Å². The second-order valence-electron chi connectivity index (χ2n) is 6.75. The van der Waals surface area contributed by atoms with E-state index in [9.17, 15) is 4.79 Å². The first-order valence-corrected chi connectivity index (χ1v) is 9.66. The zero-order valence-electron chi connectivity index (χ0n) is 15.6. The smallest absolute Gasteiger partial charge is 0.240 e. The zero-order valence-corrected chi connectivity index (χ0v) is 16.4. The first-order valence-electron chi connectivity index (χ1n) is 9.28. The molecule has 0 saturated carbocycles. The summed E-state index contributed by atoms with van der Waals surface area (Å²) in [5.41, 5.74) is 4.92. The maximum atomic E-state index is 10.8. The van der Waals surface area contributed by atoms with Gasteiger partial charge in [0.05, 0.1) is 12.6 Å². The van der Waals surface area contributed by atoms with Gasteiger partial charge in [-0.25, -0.2) is 5.48 Å². The third-order valence-corrected chi connectivity index (χ3v) is 5.05. The molecular weight excluding hydrogens is 362 g/mol. The molecule has 144 valence electrons. The Balaban J connectivity index is 1.63. The van der Waals surface area contributed by atoms with Crippen molar-refractivity contribution in [1.29, 1.82) is 0 Å². The number of hydrogen-bond acceptors (Lipinski definition) is 4. The van der Waals surface area contributed by atoms with Crippen LogP contribution in [0.1, 0.15) is 24.1 Å². The second kappa shape index (κ2) is 9.85. The molecule has 0 aliphatic carbocycles. The van der Waals surface area contributed by atoms with E-state index in [1.807, 2.05) is 12.1 Å². The molecule has 0 radical (unpaired) electrons. The molecule has 1 aliphatic heterocycles. The molecule has 3 rings (SSSR count). The number of halogens is 1. The van der Waals surface area contributed by atoms with Crippen LogP contribution in [0.5, 0.6) is 0 Å². The van der Waals surface area contributed by atoms with Gasteiger partial charge in [0.25, 0.3) is 0 Å². The van der Waals surface area contributed by atoms with Gasteiger partial charge in [-0.05, 0) is 23.3 Å². The van der Waals surface area contributed by atoms with E-state index in [2.05, 4.69) is 57.7 Å². The molecule has 0 aromatic heterocycles. The fraction of sp³-hybridized carbons (Fsp3) is 0.381. The quantitative estimate of drug-likeness (QED) is 0.585. The number of carbonyl (C=O) groups excluding carboxylic acids is 1. The van der Waals surface area contributed by atoms with Crippen molar-refractivity contribution in [2.24, 2.45) is 0 Å². The topological polar surface area (TPSA) is 44.8 Å². The van der Waals surface area contributed by atoms with E-state index in [4.69, 9.17) is 16.4 Å². The highest BCUT2D eigenvalue weighted by Crippen LogP contribution is 2.30. The molecule has 1 aliphatic rings. The van der Waals surface area contributed by atoms with Crippen LogP contribution in [-0.4, -0.2) is 55.0 Å². The Morgan fingerprint density at radius 3 is 2.30 bits per heavy atom. The third-order valence-electron chi connectivity index (χ3n) is 4.80. The molecule has 27 heavy (non-hydrogen) atoms. The van der Waals surface area contributed by atoms with Crippen LogP contribution in [0.2, 0.25) is 5.02 Å². The molecule has 1 atom stereocenters. The Hall–Kier alpha value is -1.92. The van der Waals surface area contributed by atoms with E-state index in [1.165, 1.54) is 18.1 Å². The van der Waals surface area contributed by atoms with Crippen LogP contribution in [0.15, 0.2) is 54.6 Å². The van der Waals surface area contributed by atoms with Crippen molar-refractivity contribution in [2.45, 2.75) is 13.0 Å². The molecule has 1 amide bonds. The average molecular weight is 388 g/mol. The summed E-state index contributed by atoms with van der Waals surface area (Å²) < 4.78 is 0.